The molecular formula is C17H25N3O3. The van der Waals surface area contributed by atoms with E-state index in [1.165, 1.54) is 0 Å². The van der Waals surface area contributed by atoms with Crippen LogP contribution in [0.3, 0.4) is 0 Å². The number of hydrogen-bond donors (Lipinski definition) is 2. The molecule has 1 heterocycles. The number of anilines is 1. The SMILES string of the molecule is CCCNCCNC(=O)C1CC(=O)N(c2ccccc2OC)C1. The fraction of sp³-hybridized carbons (Fsp3) is 0.529. The van der Waals surface area contributed by atoms with Gasteiger partial charge in [0.15, 0.2) is 0 Å². The fourth-order valence-electron chi connectivity index (χ4n) is 2.69. The molecule has 0 spiro atoms. The van der Waals surface area contributed by atoms with Crippen LogP contribution in [0.5, 0.6) is 5.75 Å². The number of rotatable bonds is 8. The number of nitrogens with zero attached hydrogens (tertiary/aromatic N) is 1. The molecule has 126 valence electrons. The molecule has 1 aliphatic rings. The van der Waals surface area contributed by atoms with Crippen LogP contribution in [0.15, 0.2) is 24.3 Å². The van der Waals surface area contributed by atoms with Crippen LogP contribution in [0.1, 0.15) is 19.8 Å². The largest absolute Gasteiger partial charge is 0.495 e. The van der Waals surface area contributed by atoms with Gasteiger partial charge in [0.1, 0.15) is 5.75 Å². The lowest BCUT2D eigenvalue weighted by Crippen LogP contribution is -2.37. The van der Waals surface area contributed by atoms with E-state index in [4.69, 9.17) is 4.74 Å². The number of ether oxygens (including phenoxy) is 1. The van der Waals surface area contributed by atoms with Crippen molar-refractivity contribution in [3.63, 3.8) is 0 Å². The maximum atomic E-state index is 12.3. The molecule has 23 heavy (non-hydrogen) atoms. The zero-order chi connectivity index (χ0) is 16.7. The van der Waals surface area contributed by atoms with Crippen LogP contribution in [0, 0.1) is 5.92 Å². The highest BCUT2D eigenvalue weighted by molar-refractivity contribution is 6.01. The average Bonchev–Trinajstić information content (AvgIpc) is 2.96. The summed E-state index contributed by atoms with van der Waals surface area (Å²) in [6.45, 7) is 4.77. The lowest BCUT2D eigenvalue weighted by atomic mass is 10.1. The van der Waals surface area contributed by atoms with E-state index in [0.29, 0.717) is 18.8 Å². The van der Waals surface area contributed by atoms with Crippen LogP contribution in [-0.4, -0.2) is 45.1 Å². The molecule has 0 radical (unpaired) electrons. The molecular weight excluding hydrogens is 294 g/mol. The first kappa shape index (κ1) is 17.3. The Hall–Kier alpha value is -2.08. The summed E-state index contributed by atoms with van der Waals surface area (Å²) in [5.41, 5.74) is 0.722. The molecule has 1 fully saturated rings. The summed E-state index contributed by atoms with van der Waals surface area (Å²) in [7, 11) is 1.58. The van der Waals surface area contributed by atoms with Gasteiger partial charge in [0.2, 0.25) is 11.8 Å². The van der Waals surface area contributed by atoms with Gasteiger partial charge in [-0.25, -0.2) is 0 Å². The lowest BCUT2D eigenvalue weighted by Gasteiger charge is -2.19. The highest BCUT2D eigenvalue weighted by Crippen LogP contribution is 2.32. The van der Waals surface area contributed by atoms with Gasteiger partial charge in [0.25, 0.3) is 0 Å². The number of amides is 2. The van der Waals surface area contributed by atoms with Gasteiger partial charge in [-0.2, -0.15) is 0 Å². The van der Waals surface area contributed by atoms with E-state index in [-0.39, 0.29) is 24.2 Å². The van der Waals surface area contributed by atoms with Crippen molar-refractivity contribution in [2.75, 3.05) is 38.2 Å². The summed E-state index contributed by atoms with van der Waals surface area (Å²) in [4.78, 5) is 26.1. The number of methoxy groups -OCH3 is 1. The normalized spacial score (nSPS) is 17.4. The first-order valence-corrected chi connectivity index (χ1v) is 8.09. The summed E-state index contributed by atoms with van der Waals surface area (Å²) in [5.74, 6) is 0.233. The number of hydrogen-bond acceptors (Lipinski definition) is 4. The molecule has 6 heteroatoms. The smallest absolute Gasteiger partial charge is 0.227 e. The van der Waals surface area contributed by atoms with Crippen molar-refractivity contribution in [1.29, 1.82) is 0 Å². The third-order valence-electron chi connectivity index (χ3n) is 3.90. The maximum Gasteiger partial charge on any atom is 0.227 e. The van der Waals surface area contributed by atoms with Crippen LogP contribution in [0.25, 0.3) is 0 Å². The quantitative estimate of drug-likeness (QED) is 0.706. The zero-order valence-electron chi connectivity index (χ0n) is 13.8. The van der Waals surface area contributed by atoms with Crippen molar-refractivity contribution in [1.82, 2.24) is 10.6 Å². The molecule has 1 atom stereocenters. The Labute approximate surface area is 137 Å². The molecule has 1 aromatic rings. The molecule has 0 saturated carbocycles. The molecule has 1 saturated heterocycles. The monoisotopic (exact) mass is 319 g/mol. The molecule has 1 aliphatic heterocycles. The van der Waals surface area contributed by atoms with Gasteiger partial charge in [-0.05, 0) is 25.1 Å². The van der Waals surface area contributed by atoms with E-state index in [0.717, 1.165) is 25.2 Å². The first-order chi connectivity index (χ1) is 11.2. The van der Waals surface area contributed by atoms with Crippen molar-refractivity contribution in [2.45, 2.75) is 19.8 Å². The van der Waals surface area contributed by atoms with Gasteiger partial charge >= 0.3 is 0 Å². The summed E-state index contributed by atoms with van der Waals surface area (Å²) >= 11 is 0. The summed E-state index contributed by atoms with van der Waals surface area (Å²) < 4.78 is 5.30. The molecule has 1 unspecified atom stereocenters. The summed E-state index contributed by atoms with van der Waals surface area (Å²) in [6.07, 6.45) is 1.31. The number of carbonyl (C=O) groups excluding carboxylic acids is 2. The second-order valence-corrected chi connectivity index (χ2v) is 5.62. The van der Waals surface area contributed by atoms with Crippen LogP contribution >= 0.6 is 0 Å². The molecule has 0 aliphatic carbocycles. The van der Waals surface area contributed by atoms with Gasteiger partial charge < -0.3 is 20.3 Å². The molecule has 6 nitrogen and oxygen atoms in total. The van der Waals surface area contributed by atoms with Crippen LogP contribution in [0.2, 0.25) is 0 Å². The van der Waals surface area contributed by atoms with E-state index >= 15 is 0 Å². The topological polar surface area (TPSA) is 70.7 Å². The van der Waals surface area contributed by atoms with Crippen LogP contribution < -0.4 is 20.3 Å². The Morgan fingerprint density at radius 1 is 1.30 bits per heavy atom. The molecule has 2 rings (SSSR count). The van der Waals surface area contributed by atoms with Gasteiger partial charge in [0.05, 0.1) is 18.7 Å². The molecule has 0 aromatic heterocycles. The van der Waals surface area contributed by atoms with E-state index < -0.39 is 0 Å². The van der Waals surface area contributed by atoms with Crippen molar-refractivity contribution in [2.24, 2.45) is 5.92 Å². The van der Waals surface area contributed by atoms with Crippen molar-refractivity contribution < 1.29 is 14.3 Å². The second-order valence-electron chi connectivity index (χ2n) is 5.62. The highest BCUT2D eigenvalue weighted by Gasteiger charge is 2.35. The van der Waals surface area contributed by atoms with E-state index in [1.807, 2.05) is 24.3 Å². The Kier molecular flexibility index (Phi) is 6.40. The maximum absolute atomic E-state index is 12.3. The molecule has 2 N–H and O–H groups in total. The van der Waals surface area contributed by atoms with Crippen LogP contribution in [-0.2, 0) is 9.59 Å². The number of nitrogens with one attached hydrogen (secondary N) is 2. The minimum Gasteiger partial charge on any atom is -0.495 e. The van der Waals surface area contributed by atoms with Crippen LogP contribution in [0.4, 0.5) is 5.69 Å². The molecule has 0 bridgehead atoms. The van der Waals surface area contributed by atoms with Gasteiger partial charge in [-0.15, -0.1) is 0 Å². The number of benzene rings is 1. The highest BCUT2D eigenvalue weighted by atomic mass is 16.5. The fourth-order valence-corrected chi connectivity index (χ4v) is 2.69. The Balaban J connectivity index is 1.90. The second kappa shape index (κ2) is 8.53. The Morgan fingerprint density at radius 2 is 2.09 bits per heavy atom. The van der Waals surface area contributed by atoms with E-state index in [1.54, 1.807) is 12.0 Å². The molecule has 1 aromatic carbocycles. The van der Waals surface area contributed by atoms with Crippen molar-refractivity contribution in [3.8, 4) is 5.75 Å². The molecule has 2 amide bonds. The Morgan fingerprint density at radius 3 is 2.83 bits per heavy atom. The standard InChI is InChI=1S/C17H25N3O3/c1-3-8-18-9-10-19-17(22)13-11-16(21)20(12-13)14-6-4-5-7-15(14)23-2/h4-7,13,18H,3,8-12H2,1-2H3,(H,19,22). The van der Waals surface area contributed by atoms with Gasteiger partial charge in [0, 0.05) is 26.1 Å². The van der Waals surface area contributed by atoms with Crippen molar-refractivity contribution >= 4 is 17.5 Å². The van der Waals surface area contributed by atoms with Crippen molar-refractivity contribution in [3.05, 3.63) is 24.3 Å². The van der Waals surface area contributed by atoms with E-state index in [9.17, 15) is 9.59 Å². The average molecular weight is 319 g/mol. The minimum atomic E-state index is -0.307. The van der Waals surface area contributed by atoms with E-state index in [2.05, 4.69) is 17.6 Å². The number of carbonyl (C=O) groups is 2. The van der Waals surface area contributed by atoms with Gasteiger partial charge in [-0.3, -0.25) is 9.59 Å². The Bertz CT molecular complexity index is 548. The number of para-hydroxylation sites is 2. The predicted molar refractivity (Wildman–Crippen MR) is 89.6 cm³/mol. The first-order valence-electron chi connectivity index (χ1n) is 8.09. The third-order valence-corrected chi connectivity index (χ3v) is 3.90. The minimum absolute atomic E-state index is 0.0428. The third kappa shape index (κ3) is 4.45. The summed E-state index contributed by atoms with van der Waals surface area (Å²) in [6, 6.07) is 7.37. The predicted octanol–water partition coefficient (Wildman–Crippen LogP) is 1.16. The lowest BCUT2D eigenvalue weighted by molar-refractivity contribution is -0.126. The zero-order valence-corrected chi connectivity index (χ0v) is 13.8. The summed E-state index contributed by atoms with van der Waals surface area (Å²) in [5, 5.41) is 6.12. The van der Waals surface area contributed by atoms with Gasteiger partial charge in [-0.1, -0.05) is 19.1 Å².